The quantitative estimate of drug-likeness (QED) is 0.822. The van der Waals surface area contributed by atoms with Crippen molar-refractivity contribution in [3.8, 4) is 5.75 Å². The van der Waals surface area contributed by atoms with E-state index in [4.69, 9.17) is 9.47 Å². The van der Waals surface area contributed by atoms with Crippen molar-refractivity contribution >= 4 is 5.91 Å². The van der Waals surface area contributed by atoms with Crippen molar-refractivity contribution in [1.82, 2.24) is 5.32 Å². The molecule has 0 bridgehead atoms. The summed E-state index contributed by atoms with van der Waals surface area (Å²) in [6.45, 7) is 4.45. The lowest BCUT2D eigenvalue weighted by atomic mass is 10.1. The molecule has 0 aromatic heterocycles. The fraction of sp³-hybridized carbons (Fsp3) is 0.462. The van der Waals surface area contributed by atoms with Gasteiger partial charge in [0.15, 0.2) is 0 Å². The van der Waals surface area contributed by atoms with Gasteiger partial charge in [-0.25, -0.2) is 0 Å². The van der Waals surface area contributed by atoms with Crippen molar-refractivity contribution < 1.29 is 14.3 Å². The lowest BCUT2D eigenvalue weighted by molar-refractivity contribution is -0.126. The van der Waals surface area contributed by atoms with Crippen molar-refractivity contribution in [3.05, 3.63) is 29.8 Å². The van der Waals surface area contributed by atoms with Gasteiger partial charge in [-0.3, -0.25) is 4.79 Å². The van der Waals surface area contributed by atoms with Crippen LogP contribution >= 0.6 is 0 Å². The molecule has 0 unspecified atom stereocenters. The maximum Gasteiger partial charge on any atom is 0.246 e. The van der Waals surface area contributed by atoms with E-state index in [9.17, 15) is 4.79 Å². The van der Waals surface area contributed by atoms with Crippen molar-refractivity contribution in [3.63, 3.8) is 0 Å². The van der Waals surface area contributed by atoms with Gasteiger partial charge in [0.1, 0.15) is 12.4 Å². The standard InChI is InChI=1S/C13H19NO3/c1-4-17-9-13(15)14-10(2)11-5-7-12(16-3)8-6-11/h5-8,10H,4,9H2,1-3H3,(H,14,15)/t10-/m0/s1. The molecular weight excluding hydrogens is 218 g/mol. The van der Waals surface area contributed by atoms with Crippen LogP contribution in [0, 0.1) is 0 Å². The largest absolute Gasteiger partial charge is 0.497 e. The van der Waals surface area contributed by atoms with Gasteiger partial charge < -0.3 is 14.8 Å². The van der Waals surface area contributed by atoms with E-state index in [1.165, 1.54) is 0 Å². The number of carbonyl (C=O) groups excluding carboxylic acids is 1. The third-order valence-electron chi connectivity index (χ3n) is 2.43. The minimum absolute atomic E-state index is 0.0335. The first-order valence-electron chi connectivity index (χ1n) is 5.68. The molecule has 0 aliphatic rings. The summed E-state index contributed by atoms with van der Waals surface area (Å²) in [5.74, 6) is 0.705. The number of amides is 1. The summed E-state index contributed by atoms with van der Waals surface area (Å²) in [6.07, 6.45) is 0. The molecule has 0 radical (unpaired) electrons. The van der Waals surface area contributed by atoms with Gasteiger partial charge >= 0.3 is 0 Å². The third kappa shape index (κ3) is 4.44. The molecule has 94 valence electrons. The minimum atomic E-state index is -0.102. The van der Waals surface area contributed by atoms with Crippen LogP contribution in [-0.4, -0.2) is 26.2 Å². The van der Waals surface area contributed by atoms with E-state index in [0.717, 1.165) is 11.3 Å². The van der Waals surface area contributed by atoms with Crippen molar-refractivity contribution in [2.75, 3.05) is 20.3 Å². The van der Waals surface area contributed by atoms with Crippen LogP contribution in [0.15, 0.2) is 24.3 Å². The Kier molecular flexibility index (Phi) is 5.49. The molecule has 1 rings (SSSR count). The number of hydrogen-bond acceptors (Lipinski definition) is 3. The average Bonchev–Trinajstić information content (AvgIpc) is 2.36. The van der Waals surface area contributed by atoms with E-state index in [-0.39, 0.29) is 18.6 Å². The molecule has 0 saturated carbocycles. The Morgan fingerprint density at radius 3 is 2.53 bits per heavy atom. The molecule has 1 N–H and O–H groups in total. The normalized spacial score (nSPS) is 11.9. The summed E-state index contributed by atoms with van der Waals surface area (Å²) in [5.41, 5.74) is 1.04. The Morgan fingerprint density at radius 2 is 2.00 bits per heavy atom. The van der Waals surface area contributed by atoms with Gasteiger partial charge in [0.25, 0.3) is 0 Å². The monoisotopic (exact) mass is 237 g/mol. The van der Waals surface area contributed by atoms with Crippen LogP contribution in [0.1, 0.15) is 25.5 Å². The Balaban J connectivity index is 2.51. The highest BCUT2D eigenvalue weighted by Gasteiger charge is 2.09. The molecule has 0 aliphatic heterocycles. The zero-order chi connectivity index (χ0) is 12.7. The van der Waals surface area contributed by atoms with Crippen LogP contribution in [0.3, 0.4) is 0 Å². The van der Waals surface area contributed by atoms with E-state index in [2.05, 4.69) is 5.32 Å². The molecule has 0 heterocycles. The second-order valence-corrected chi connectivity index (χ2v) is 3.70. The molecular formula is C13H19NO3. The first kappa shape index (κ1) is 13.5. The number of ether oxygens (including phenoxy) is 2. The van der Waals surface area contributed by atoms with E-state index in [1.54, 1.807) is 7.11 Å². The number of hydrogen-bond donors (Lipinski definition) is 1. The van der Waals surface area contributed by atoms with Gasteiger partial charge in [0, 0.05) is 6.61 Å². The highest BCUT2D eigenvalue weighted by atomic mass is 16.5. The fourth-order valence-corrected chi connectivity index (χ4v) is 1.45. The van der Waals surface area contributed by atoms with Crippen molar-refractivity contribution in [2.45, 2.75) is 19.9 Å². The lowest BCUT2D eigenvalue weighted by Crippen LogP contribution is -2.30. The SMILES string of the molecule is CCOCC(=O)N[C@@H](C)c1ccc(OC)cc1. The van der Waals surface area contributed by atoms with Gasteiger partial charge in [0.05, 0.1) is 13.2 Å². The maximum absolute atomic E-state index is 11.4. The number of methoxy groups -OCH3 is 1. The molecule has 0 fully saturated rings. The molecule has 0 saturated heterocycles. The molecule has 4 heteroatoms. The van der Waals surface area contributed by atoms with Crippen LogP contribution in [0.5, 0.6) is 5.75 Å². The summed E-state index contributed by atoms with van der Waals surface area (Å²) >= 11 is 0. The number of benzene rings is 1. The number of rotatable bonds is 6. The van der Waals surface area contributed by atoms with E-state index in [1.807, 2.05) is 38.1 Å². The molecule has 0 aliphatic carbocycles. The zero-order valence-corrected chi connectivity index (χ0v) is 10.5. The molecule has 1 amide bonds. The summed E-state index contributed by atoms with van der Waals surface area (Å²) in [7, 11) is 1.63. The molecule has 1 aromatic carbocycles. The molecule has 17 heavy (non-hydrogen) atoms. The van der Waals surface area contributed by atoms with Gasteiger partial charge in [-0.05, 0) is 31.5 Å². The van der Waals surface area contributed by atoms with Gasteiger partial charge in [-0.1, -0.05) is 12.1 Å². The third-order valence-corrected chi connectivity index (χ3v) is 2.43. The minimum Gasteiger partial charge on any atom is -0.497 e. The predicted octanol–water partition coefficient (Wildman–Crippen LogP) is 1.91. The highest BCUT2D eigenvalue weighted by Crippen LogP contribution is 2.16. The van der Waals surface area contributed by atoms with E-state index in [0.29, 0.717) is 6.61 Å². The predicted molar refractivity (Wildman–Crippen MR) is 66.0 cm³/mol. The molecule has 4 nitrogen and oxygen atoms in total. The zero-order valence-electron chi connectivity index (χ0n) is 10.5. The summed E-state index contributed by atoms with van der Waals surface area (Å²) < 4.78 is 10.1. The first-order valence-corrected chi connectivity index (χ1v) is 5.68. The van der Waals surface area contributed by atoms with Gasteiger partial charge in [-0.2, -0.15) is 0 Å². The van der Waals surface area contributed by atoms with E-state index >= 15 is 0 Å². The Morgan fingerprint density at radius 1 is 1.35 bits per heavy atom. The molecule has 1 aromatic rings. The smallest absolute Gasteiger partial charge is 0.246 e. The highest BCUT2D eigenvalue weighted by molar-refractivity contribution is 5.77. The first-order chi connectivity index (χ1) is 8.17. The number of carbonyl (C=O) groups is 1. The average molecular weight is 237 g/mol. The van der Waals surface area contributed by atoms with Crippen LogP contribution in [0.2, 0.25) is 0 Å². The van der Waals surface area contributed by atoms with Crippen LogP contribution in [0.25, 0.3) is 0 Å². The second-order valence-electron chi connectivity index (χ2n) is 3.70. The van der Waals surface area contributed by atoms with E-state index < -0.39 is 0 Å². The van der Waals surface area contributed by atoms with Crippen LogP contribution < -0.4 is 10.1 Å². The van der Waals surface area contributed by atoms with Crippen molar-refractivity contribution in [2.24, 2.45) is 0 Å². The second kappa shape index (κ2) is 6.91. The van der Waals surface area contributed by atoms with Gasteiger partial charge in [0.2, 0.25) is 5.91 Å². The summed E-state index contributed by atoms with van der Waals surface area (Å²) in [6, 6.07) is 7.59. The van der Waals surface area contributed by atoms with Gasteiger partial charge in [-0.15, -0.1) is 0 Å². The Labute approximate surface area is 102 Å². The van der Waals surface area contributed by atoms with Crippen LogP contribution in [-0.2, 0) is 9.53 Å². The van der Waals surface area contributed by atoms with Crippen LogP contribution in [0.4, 0.5) is 0 Å². The van der Waals surface area contributed by atoms with Crippen molar-refractivity contribution in [1.29, 1.82) is 0 Å². The Bertz CT molecular complexity index is 348. The number of nitrogens with one attached hydrogen (secondary N) is 1. The summed E-state index contributed by atoms with van der Waals surface area (Å²) in [5, 5.41) is 2.86. The molecule has 0 spiro atoms. The molecule has 1 atom stereocenters. The fourth-order valence-electron chi connectivity index (χ4n) is 1.45. The topological polar surface area (TPSA) is 47.6 Å². The summed E-state index contributed by atoms with van der Waals surface area (Å²) in [4.78, 5) is 11.4. The lowest BCUT2D eigenvalue weighted by Gasteiger charge is -2.14. The maximum atomic E-state index is 11.4. The Hall–Kier alpha value is -1.55.